The highest BCUT2D eigenvalue weighted by molar-refractivity contribution is 7.86. The summed E-state index contributed by atoms with van der Waals surface area (Å²) in [7, 11) is -3.26. The molecule has 0 saturated carbocycles. The number of fused-ring (bicyclic) bond motifs is 4. The van der Waals surface area contributed by atoms with Gasteiger partial charge in [0.25, 0.3) is 0 Å². The molecule has 0 fully saturated rings. The molecule has 7 rings (SSSR count). The molecule has 162 valence electrons. The summed E-state index contributed by atoms with van der Waals surface area (Å²) in [6.07, 6.45) is 0. The lowest BCUT2D eigenvalue weighted by Gasteiger charge is -2.34. The Hall–Kier alpha value is -4.07. The molecule has 2 aliphatic heterocycles. The highest BCUT2D eigenvalue weighted by Gasteiger charge is 2.46. The molecule has 0 aliphatic carbocycles. The van der Waals surface area contributed by atoms with E-state index in [1.807, 2.05) is 91.0 Å². The Bertz CT molecular complexity index is 1510. The van der Waals surface area contributed by atoms with Gasteiger partial charge in [-0.1, -0.05) is 78.9 Å². The largest absolute Gasteiger partial charge is 0.456 e. The molecule has 0 saturated heterocycles. The maximum Gasteiger partial charge on any atom is 0.185 e. The minimum atomic E-state index is -3.26. The minimum Gasteiger partial charge on any atom is -0.456 e. The molecule has 5 aromatic carbocycles. The van der Waals surface area contributed by atoms with Gasteiger partial charge in [-0.05, 0) is 58.7 Å². The van der Waals surface area contributed by atoms with Gasteiger partial charge in [0.2, 0.25) is 0 Å². The molecule has 0 amide bonds. The van der Waals surface area contributed by atoms with E-state index in [4.69, 9.17) is 9.47 Å². The zero-order chi connectivity index (χ0) is 22.7. The van der Waals surface area contributed by atoms with Crippen LogP contribution in [-0.4, -0.2) is 0 Å². The first-order valence-corrected chi connectivity index (χ1v) is 12.9. The van der Waals surface area contributed by atoms with Crippen LogP contribution in [0.15, 0.2) is 115 Å². The fourth-order valence-corrected chi connectivity index (χ4v) is 8.01. The average molecular weight is 458 g/mol. The summed E-state index contributed by atoms with van der Waals surface area (Å²) in [5.74, 6) is 2.45. The Balaban J connectivity index is 1.52. The lowest BCUT2D eigenvalue weighted by Crippen LogP contribution is -2.35. The van der Waals surface area contributed by atoms with Crippen molar-refractivity contribution < 1.29 is 14.0 Å². The molecule has 0 radical (unpaired) electrons. The first kappa shape index (κ1) is 19.4. The third kappa shape index (κ3) is 2.74. The van der Waals surface area contributed by atoms with Crippen molar-refractivity contribution in [3.63, 3.8) is 0 Å². The molecule has 3 nitrogen and oxygen atoms in total. The van der Waals surface area contributed by atoms with Gasteiger partial charge in [0.1, 0.15) is 28.3 Å². The number of hydrogen-bond donors (Lipinski definition) is 0. The zero-order valence-electron chi connectivity index (χ0n) is 18.1. The van der Waals surface area contributed by atoms with E-state index < -0.39 is 7.14 Å². The van der Waals surface area contributed by atoms with E-state index in [1.54, 1.807) is 0 Å². The molecular formula is C30H19O3P. The predicted octanol–water partition coefficient (Wildman–Crippen LogP) is 6.87. The maximum absolute atomic E-state index is 15.3. The number of ether oxygens (including phenoxy) is 2. The third-order valence-electron chi connectivity index (χ3n) is 6.53. The number of hydrogen-bond acceptors (Lipinski definition) is 3. The van der Waals surface area contributed by atoms with Crippen LogP contribution >= 0.6 is 7.14 Å². The molecule has 2 heterocycles. The molecule has 0 bridgehead atoms. The van der Waals surface area contributed by atoms with Gasteiger partial charge in [-0.2, -0.15) is 0 Å². The van der Waals surface area contributed by atoms with Crippen molar-refractivity contribution in [2.24, 2.45) is 0 Å². The van der Waals surface area contributed by atoms with Gasteiger partial charge in [0.15, 0.2) is 7.14 Å². The Labute approximate surface area is 197 Å². The molecule has 2 aliphatic rings. The van der Waals surface area contributed by atoms with Crippen LogP contribution in [0.2, 0.25) is 0 Å². The molecule has 0 atom stereocenters. The zero-order valence-corrected chi connectivity index (χ0v) is 19.0. The van der Waals surface area contributed by atoms with Gasteiger partial charge >= 0.3 is 0 Å². The SMILES string of the molecule is O=P12c3cc(-c4ccccc4)ccc3Oc3cccc(c31)Oc1ccc(-c3ccccc3)cc12. The molecule has 0 spiro atoms. The first-order valence-electron chi connectivity index (χ1n) is 11.2. The summed E-state index contributed by atoms with van der Waals surface area (Å²) in [6.45, 7) is 0. The minimum absolute atomic E-state index is 0.594. The van der Waals surface area contributed by atoms with Crippen LogP contribution in [-0.2, 0) is 4.57 Å². The summed E-state index contributed by atoms with van der Waals surface area (Å²) >= 11 is 0. The lowest BCUT2D eigenvalue weighted by molar-refractivity contribution is 0.462. The van der Waals surface area contributed by atoms with Gasteiger partial charge < -0.3 is 14.0 Å². The van der Waals surface area contributed by atoms with Gasteiger partial charge in [-0.15, -0.1) is 0 Å². The molecule has 4 heteroatoms. The van der Waals surface area contributed by atoms with Crippen molar-refractivity contribution in [3.8, 4) is 45.3 Å². The number of benzene rings is 5. The summed E-state index contributed by atoms with van der Waals surface area (Å²) in [5, 5.41) is 2.07. The van der Waals surface area contributed by atoms with Crippen LogP contribution in [0, 0.1) is 0 Å². The van der Waals surface area contributed by atoms with E-state index in [0.29, 0.717) is 38.9 Å². The van der Waals surface area contributed by atoms with E-state index in [0.717, 1.165) is 22.3 Å². The van der Waals surface area contributed by atoms with E-state index in [9.17, 15) is 0 Å². The molecular weight excluding hydrogens is 439 g/mol. The molecule has 5 aromatic rings. The standard InChI is InChI=1S/C30H19O3P/c31-34-28-18-22(20-8-3-1-4-9-20)14-16-24(28)32-26-12-7-13-27(30(26)34)33-25-17-15-23(19-29(25)34)21-10-5-2-6-11-21/h1-19H. The van der Waals surface area contributed by atoms with Crippen LogP contribution < -0.4 is 25.4 Å². The quantitative estimate of drug-likeness (QED) is 0.265. The van der Waals surface area contributed by atoms with E-state index in [-0.39, 0.29) is 0 Å². The summed E-state index contributed by atoms with van der Waals surface area (Å²) in [5.41, 5.74) is 4.16. The third-order valence-corrected chi connectivity index (χ3v) is 9.65. The molecule has 0 N–H and O–H groups in total. The van der Waals surface area contributed by atoms with E-state index in [2.05, 4.69) is 24.3 Å². The van der Waals surface area contributed by atoms with Crippen molar-refractivity contribution in [2.75, 3.05) is 0 Å². The Morgan fingerprint density at radius 1 is 0.441 bits per heavy atom. The molecule has 0 unspecified atom stereocenters. The normalized spacial score (nSPS) is 14.1. The Morgan fingerprint density at radius 2 is 0.912 bits per heavy atom. The van der Waals surface area contributed by atoms with Gasteiger partial charge in [-0.3, -0.25) is 0 Å². The fourth-order valence-electron chi connectivity index (χ4n) is 4.90. The Morgan fingerprint density at radius 3 is 1.38 bits per heavy atom. The maximum atomic E-state index is 15.3. The molecule has 34 heavy (non-hydrogen) atoms. The van der Waals surface area contributed by atoms with Crippen LogP contribution in [0.4, 0.5) is 0 Å². The van der Waals surface area contributed by atoms with Crippen LogP contribution in [0.5, 0.6) is 23.0 Å². The fraction of sp³-hybridized carbons (Fsp3) is 0. The summed E-state index contributed by atoms with van der Waals surface area (Å²) < 4.78 is 27.9. The summed E-state index contributed by atoms with van der Waals surface area (Å²) in [4.78, 5) is 0. The van der Waals surface area contributed by atoms with Gasteiger partial charge in [0.05, 0.1) is 10.6 Å². The summed E-state index contributed by atoms with van der Waals surface area (Å²) in [6, 6.07) is 37.9. The Kier molecular flexibility index (Phi) is 4.12. The second kappa shape index (κ2) is 7.21. The van der Waals surface area contributed by atoms with Crippen molar-refractivity contribution in [1.82, 2.24) is 0 Å². The molecule has 0 aromatic heterocycles. The van der Waals surface area contributed by atoms with Gasteiger partial charge in [-0.25, -0.2) is 0 Å². The highest BCUT2D eigenvalue weighted by Crippen LogP contribution is 2.58. The second-order valence-corrected chi connectivity index (χ2v) is 11.1. The highest BCUT2D eigenvalue weighted by atomic mass is 31.2. The lowest BCUT2D eigenvalue weighted by atomic mass is 10.1. The van der Waals surface area contributed by atoms with Crippen molar-refractivity contribution in [2.45, 2.75) is 0 Å². The van der Waals surface area contributed by atoms with Crippen molar-refractivity contribution in [3.05, 3.63) is 115 Å². The van der Waals surface area contributed by atoms with Crippen molar-refractivity contribution in [1.29, 1.82) is 0 Å². The van der Waals surface area contributed by atoms with Crippen LogP contribution in [0.3, 0.4) is 0 Å². The average Bonchev–Trinajstić information content (AvgIpc) is 2.90. The van der Waals surface area contributed by atoms with Crippen LogP contribution in [0.1, 0.15) is 0 Å². The number of rotatable bonds is 2. The second-order valence-electron chi connectivity index (χ2n) is 8.51. The monoisotopic (exact) mass is 458 g/mol. The smallest absolute Gasteiger partial charge is 0.185 e. The van der Waals surface area contributed by atoms with Gasteiger partial charge in [0, 0.05) is 0 Å². The first-order chi connectivity index (χ1) is 16.7. The van der Waals surface area contributed by atoms with E-state index >= 15 is 4.57 Å². The topological polar surface area (TPSA) is 35.5 Å². The van der Waals surface area contributed by atoms with E-state index in [1.165, 1.54) is 0 Å². The predicted molar refractivity (Wildman–Crippen MR) is 137 cm³/mol. The van der Waals surface area contributed by atoms with Crippen LogP contribution in [0.25, 0.3) is 22.3 Å². The van der Waals surface area contributed by atoms with Crippen molar-refractivity contribution >= 4 is 23.1 Å².